The van der Waals surface area contributed by atoms with Gasteiger partial charge < -0.3 is 5.32 Å². The first kappa shape index (κ1) is 13.3. The van der Waals surface area contributed by atoms with Crippen LogP contribution in [0.25, 0.3) is 6.08 Å². The van der Waals surface area contributed by atoms with Gasteiger partial charge in [0.15, 0.2) is 0 Å². The van der Waals surface area contributed by atoms with Crippen LogP contribution in [0, 0.1) is 0 Å². The number of fused-ring (bicyclic) bond motifs is 3. The fraction of sp³-hybridized carbons (Fsp3) is 0.368. The Labute approximate surface area is 131 Å². The summed E-state index contributed by atoms with van der Waals surface area (Å²) in [6.07, 6.45) is 16.0. The summed E-state index contributed by atoms with van der Waals surface area (Å²) >= 11 is 1.93. The molecule has 2 aliphatic carbocycles. The molecule has 2 heteroatoms. The molecular weight excluding hydrogens is 274 g/mol. The summed E-state index contributed by atoms with van der Waals surface area (Å²) < 4.78 is 0. The highest BCUT2D eigenvalue weighted by Gasteiger charge is 2.27. The van der Waals surface area contributed by atoms with Gasteiger partial charge in [-0.05, 0) is 30.0 Å². The van der Waals surface area contributed by atoms with Crippen molar-refractivity contribution in [1.29, 1.82) is 0 Å². The van der Waals surface area contributed by atoms with E-state index in [-0.39, 0.29) is 0 Å². The van der Waals surface area contributed by atoms with Crippen LogP contribution in [0.1, 0.15) is 49.1 Å². The number of nitrogens with one attached hydrogen (secondary N) is 1. The monoisotopic (exact) mass is 295 g/mol. The van der Waals surface area contributed by atoms with E-state index in [4.69, 9.17) is 0 Å². The quantitative estimate of drug-likeness (QED) is 0.805. The van der Waals surface area contributed by atoms with Gasteiger partial charge in [0.2, 0.25) is 0 Å². The molecule has 1 saturated carbocycles. The van der Waals surface area contributed by atoms with Gasteiger partial charge in [0.25, 0.3) is 0 Å². The fourth-order valence-corrected chi connectivity index (χ4v) is 4.71. The smallest absolute Gasteiger partial charge is 0.0698 e. The van der Waals surface area contributed by atoms with Crippen LogP contribution in [-0.2, 0) is 0 Å². The first-order valence-corrected chi connectivity index (χ1v) is 8.85. The average Bonchev–Trinajstić information content (AvgIpc) is 2.83. The average molecular weight is 295 g/mol. The summed E-state index contributed by atoms with van der Waals surface area (Å²) in [5.74, 6) is 0.437. The van der Waals surface area contributed by atoms with E-state index in [9.17, 15) is 0 Å². The van der Waals surface area contributed by atoms with Crippen LogP contribution >= 0.6 is 11.8 Å². The van der Waals surface area contributed by atoms with Gasteiger partial charge in [-0.1, -0.05) is 73.5 Å². The summed E-state index contributed by atoms with van der Waals surface area (Å²) in [6, 6.07) is 9.45. The molecule has 0 bridgehead atoms. The molecule has 1 nitrogen and oxygen atoms in total. The zero-order valence-electron chi connectivity index (χ0n) is 12.2. The summed E-state index contributed by atoms with van der Waals surface area (Å²) in [5.41, 5.74) is 2.79. The van der Waals surface area contributed by atoms with Crippen LogP contribution in [0.2, 0.25) is 0 Å². The lowest BCUT2D eigenvalue weighted by Crippen LogP contribution is -2.28. The molecule has 1 heterocycles. The minimum atomic E-state index is 0.437. The van der Waals surface area contributed by atoms with Gasteiger partial charge in [-0.2, -0.15) is 0 Å². The molecule has 1 aromatic carbocycles. The first-order chi connectivity index (χ1) is 10.4. The molecule has 1 fully saturated rings. The Kier molecular flexibility index (Phi) is 3.64. The molecule has 1 unspecified atom stereocenters. The van der Waals surface area contributed by atoms with Crippen molar-refractivity contribution in [2.45, 2.75) is 44.1 Å². The summed E-state index contributed by atoms with van der Waals surface area (Å²) in [6.45, 7) is 0. The third-order valence-electron chi connectivity index (χ3n) is 4.67. The zero-order chi connectivity index (χ0) is 14.1. The number of allylic oxidation sites excluding steroid dienone is 4. The Morgan fingerprint density at radius 3 is 2.81 bits per heavy atom. The Morgan fingerprint density at radius 1 is 1.05 bits per heavy atom. The second kappa shape index (κ2) is 5.76. The second-order valence-electron chi connectivity index (χ2n) is 6.15. The molecule has 0 amide bonds. The van der Waals surface area contributed by atoms with Crippen LogP contribution in [0.3, 0.4) is 0 Å². The maximum absolute atomic E-state index is 3.78. The molecule has 4 rings (SSSR count). The predicted molar refractivity (Wildman–Crippen MR) is 92.0 cm³/mol. The SMILES string of the molecule is C1=Cc2ccccc2C2C=C(NC3CCCCC3)SC2=C1. The minimum absolute atomic E-state index is 0.437. The molecule has 0 radical (unpaired) electrons. The van der Waals surface area contributed by atoms with Crippen molar-refractivity contribution < 1.29 is 0 Å². The van der Waals surface area contributed by atoms with E-state index in [1.165, 1.54) is 53.2 Å². The fourth-order valence-electron chi connectivity index (χ4n) is 3.56. The van der Waals surface area contributed by atoms with Crippen LogP contribution in [-0.4, -0.2) is 6.04 Å². The second-order valence-corrected chi connectivity index (χ2v) is 7.26. The van der Waals surface area contributed by atoms with E-state index in [2.05, 4.69) is 53.9 Å². The Hall–Kier alpha value is -1.41. The number of hydrogen-bond acceptors (Lipinski definition) is 2. The van der Waals surface area contributed by atoms with Gasteiger partial charge in [0, 0.05) is 16.9 Å². The van der Waals surface area contributed by atoms with E-state index in [0.29, 0.717) is 12.0 Å². The Morgan fingerprint density at radius 2 is 1.90 bits per heavy atom. The molecule has 1 aromatic rings. The van der Waals surface area contributed by atoms with Crippen LogP contribution < -0.4 is 5.32 Å². The lowest BCUT2D eigenvalue weighted by Gasteiger charge is -2.23. The lowest BCUT2D eigenvalue weighted by molar-refractivity contribution is 0.402. The van der Waals surface area contributed by atoms with Crippen molar-refractivity contribution >= 4 is 17.8 Å². The number of thioether (sulfide) groups is 1. The van der Waals surface area contributed by atoms with Gasteiger partial charge in [-0.25, -0.2) is 0 Å². The van der Waals surface area contributed by atoms with Gasteiger partial charge in [-0.3, -0.25) is 0 Å². The molecule has 0 spiro atoms. The van der Waals surface area contributed by atoms with Crippen molar-refractivity contribution in [2.75, 3.05) is 0 Å². The van der Waals surface area contributed by atoms with Crippen molar-refractivity contribution in [1.82, 2.24) is 5.32 Å². The highest BCUT2D eigenvalue weighted by molar-refractivity contribution is 8.07. The number of benzene rings is 1. The largest absolute Gasteiger partial charge is 0.377 e. The maximum Gasteiger partial charge on any atom is 0.0698 e. The van der Waals surface area contributed by atoms with E-state index in [1.54, 1.807) is 0 Å². The van der Waals surface area contributed by atoms with Gasteiger partial charge >= 0.3 is 0 Å². The standard InChI is InChI=1S/C19H21NS/c1-2-9-15(10-3-1)20-19-13-17-16-11-5-4-7-14(16)8-6-12-18(17)21-19/h4-8,11-13,15,17,20H,1-3,9-10H2. The molecule has 1 aliphatic heterocycles. The normalized spacial score (nSPS) is 24.7. The van der Waals surface area contributed by atoms with Crippen molar-refractivity contribution in [3.8, 4) is 0 Å². The third kappa shape index (κ3) is 2.69. The van der Waals surface area contributed by atoms with E-state index in [1.807, 2.05) is 11.8 Å². The van der Waals surface area contributed by atoms with Crippen LogP contribution in [0.4, 0.5) is 0 Å². The third-order valence-corrected chi connectivity index (χ3v) is 5.77. The highest BCUT2D eigenvalue weighted by atomic mass is 32.2. The van der Waals surface area contributed by atoms with Crippen molar-refractivity contribution in [3.05, 3.63) is 63.6 Å². The van der Waals surface area contributed by atoms with E-state index in [0.717, 1.165) is 0 Å². The van der Waals surface area contributed by atoms with Gasteiger partial charge in [0.1, 0.15) is 0 Å². The minimum Gasteiger partial charge on any atom is -0.377 e. The molecule has 3 aliphatic rings. The number of rotatable bonds is 2. The van der Waals surface area contributed by atoms with Crippen molar-refractivity contribution in [3.63, 3.8) is 0 Å². The van der Waals surface area contributed by atoms with Crippen LogP contribution in [0.15, 0.2) is 52.4 Å². The summed E-state index contributed by atoms with van der Waals surface area (Å²) in [4.78, 5) is 1.45. The molecule has 1 atom stereocenters. The number of hydrogen-bond donors (Lipinski definition) is 1. The maximum atomic E-state index is 3.78. The highest BCUT2D eigenvalue weighted by Crippen LogP contribution is 2.47. The molecule has 21 heavy (non-hydrogen) atoms. The zero-order valence-corrected chi connectivity index (χ0v) is 13.0. The lowest BCUT2D eigenvalue weighted by atomic mass is 9.94. The molecular formula is C19H21NS. The van der Waals surface area contributed by atoms with E-state index >= 15 is 0 Å². The van der Waals surface area contributed by atoms with E-state index < -0.39 is 0 Å². The van der Waals surface area contributed by atoms with Gasteiger partial charge in [0.05, 0.1) is 5.03 Å². The summed E-state index contributed by atoms with van der Waals surface area (Å²) in [7, 11) is 0. The molecule has 0 saturated heterocycles. The Balaban J connectivity index is 1.58. The molecule has 108 valence electrons. The topological polar surface area (TPSA) is 12.0 Å². The Bertz CT molecular complexity index is 620. The molecule has 1 N–H and O–H groups in total. The predicted octanol–water partition coefficient (Wildman–Crippen LogP) is 5.19. The van der Waals surface area contributed by atoms with Crippen LogP contribution in [0.5, 0.6) is 0 Å². The molecule has 0 aromatic heterocycles. The van der Waals surface area contributed by atoms with Crippen molar-refractivity contribution in [2.24, 2.45) is 0 Å². The first-order valence-electron chi connectivity index (χ1n) is 8.03. The van der Waals surface area contributed by atoms with Gasteiger partial charge in [-0.15, -0.1) is 0 Å². The summed E-state index contributed by atoms with van der Waals surface area (Å²) in [5, 5.41) is 5.15.